The molecular weight excluding hydrogens is 488 g/mol. The second-order valence-corrected chi connectivity index (χ2v) is 7.77. The third-order valence-corrected chi connectivity index (χ3v) is 5.56. The van der Waals surface area contributed by atoms with E-state index in [2.05, 4.69) is 66.7 Å². The number of hydrazone groups is 1. The van der Waals surface area contributed by atoms with Crippen molar-refractivity contribution in [3.05, 3.63) is 68.6 Å². The van der Waals surface area contributed by atoms with Crippen LogP contribution in [-0.2, 0) is 11.2 Å². The molecule has 3 aromatic rings. The summed E-state index contributed by atoms with van der Waals surface area (Å²) in [5.41, 5.74) is 4.03. The molecule has 0 aromatic heterocycles. The van der Waals surface area contributed by atoms with Crippen LogP contribution in [0.15, 0.2) is 62.6 Å². The Morgan fingerprint density at radius 3 is 2.68 bits per heavy atom. The predicted octanol–water partition coefficient (Wildman–Crippen LogP) is 5.16. The summed E-state index contributed by atoms with van der Waals surface area (Å²) in [7, 11) is 1.51. The zero-order valence-electron chi connectivity index (χ0n) is 15.1. The number of ether oxygens (including phenoxy) is 1. The molecule has 7 heteroatoms. The fraction of sp³-hybridized carbons (Fsp3) is 0.143. The van der Waals surface area contributed by atoms with Crippen molar-refractivity contribution in [2.75, 3.05) is 7.11 Å². The van der Waals surface area contributed by atoms with Gasteiger partial charge in [0.05, 0.1) is 17.8 Å². The van der Waals surface area contributed by atoms with E-state index in [1.807, 2.05) is 18.2 Å². The number of fused-ring (bicyclic) bond motifs is 1. The molecule has 0 radical (unpaired) electrons. The van der Waals surface area contributed by atoms with Gasteiger partial charge in [-0.3, -0.25) is 4.79 Å². The molecule has 0 atom stereocenters. The smallest absolute Gasteiger partial charge is 0.240 e. The number of amides is 1. The van der Waals surface area contributed by atoms with E-state index >= 15 is 0 Å². The Morgan fingerprint density at radius 1 is 1.18 bits per heavy atom. The normalized spacial score (nSPS) is 11.1. The first-order valence-electron chi connectivity index (χ1n) is 8.54. The molecule has 0 saturated carbocycles. The van der Waals surface area contributed by atoms with E-state index in [4.69, 9.17) is 4.74 Å². The minimum atomic E-state index is -0.199. The SMILES string of the molecule is COc1c(Br)cc(/C=N\NC(=O)CCc2ccc3ccccc3c2)c(O)c1Br. The Balaban J connectivity index is 1.59. The molecule has 3 aromatic carbocycles. The molecule has 0 aliphatic rings. The van der Waals surface area contributed by atoms with Crippen molar-refractivity contribution in [1.29, 1.82) is 0 Å². The maximum atomic E-state index is 12.1. The van der Waals surface area contributed by atoms with Crippen molar-refractivity contribution < 1.29 is 14.6 Å². The van der Waals surface area contributed by atoms with Crippen LogP contribution in [-0.4, -0.2) is 24.3 Å². The number of nitrogens with zero attached hydrogens (tertiary/aromatic N) is 1. The van der Waals surface area contributed by atoms with Gasteiger partial charge in [-0.2, -0.15) is 5.10 Å². The predicted molar refractivity (Wildman–Crippen MR) is 118 cm³/mol. The molecule has 5 nitrogen and oxygen atoms in total. The molecule has 0 unspecified atom stereocenters. The maximum absolute atomic E-state index is 12.1. The third kappa shape index (κ3) is 4.72. The molecule has 144 valence electrons. The Bertz CT molecular complexity index is 1050. The highest BCUT2D eigenvalue weighted by molar-refractivity contribution is 9.11. The Hall–Kier alpha value is -2.38. The zero-order valence-corrected chi connectivity index (χ0v) is 18.2. The Labute approximate surface area is 179 Å². The van der Waals surface area contributed by atoms with Crippen molar-refractivity contribution in [3.8, 4) is 11.5 Å². The number of phenolic OH excluding ortho intramolecular Hbond substituents is 1. The highest BCUT2D eigenvalue weighted by Gasteiger charge is 2.14. The molecule has 1 amide bonds. The molecule has 0 aliphatic carbocycles. The van der Waals surface area contributed by atoms with E-state index < -0.39 is 0 Å². The molecule has 28 heavy (non-hydrogen) atoms. The molecule has 2 N–H and O–H groups in total. The molecule has 0 saturated heterocycles. The highest BCUT2D eigenvalue weighted by atomic mass is 79.9. The molecule has 0 bridgehead atoms. The van der Waals surface area contributed by atoms with Gasteiger partial charge in [-0.05, 0) is 60.7 Å². The summed E-state index contributed by atoms with van der Waals surface area (Å²) >= 11 is 6.64. The van der Waals surface area contributed by atoms with E-state index in [-0.39, 0.29) is 11.7 Å². The lowest BCUT2D eigenvalue weighted by atomic mass is 10.0. The lowest BCUT2D eigenvalue weighted by Gasteiger charge is -2.09. The van der Waals surface area contributed by atoms with Gasteiger partial charge in [-0.25, -0.2) is 5.43 Å². The van der Waals surface area contributed by atoms with Crippen LogP contribution in [0.1, 0.15) is 17.5 Å². The summed E-state index contributed by atoms with van der Waals surface area (Å²) in [4.78, 5) is 12.1. The quantitative estimate of drug-likeness (QED) is 0.359. The van der Waals surface area contributed by atoms with Crippen molar-refractivity contribution >= 4 is 54.8 Å². The van der Waals surface area contributed by atoms with Crippen LogP contribution in [0.5, 0.6) is 11.5 Å². The van der Waals surface area contributed by atoms with Crippen LogP contribution in [0.25, 0.3) is 10.8 Å². The van der Waals surface area contributed by atoms with E-state index in [1.54, 1.807) is 6.07 Å². The molecule has 3 rings (SSSR count). The number of methoxy groups -OCH3 is 1. The topological polar surface area (TPSA) is 70.9 Å². The van der Waals surface area contributed by atoms with Gasteiger partial charge in [-0.1, -0.05) is 42.5 Å². The van der Waals surface area contributed by atoms with Gasteiger partial charge in [-0.15, -0.1) is 0 Å². The second-order valence-electron chi connectivity index (χ2n) is 6.12. The van der Waals surface area contributed by atoms with Gasteiger partial charge in [0.25, 0.3) is 0 Å². The van der Waals surface area contributed by atoms with Crippen molar-refractivity contribution in [2.45, 2.75) is 12.8 Å². The first-order valence-corrected chi connectivity index (χ1v) is 10.1. The lowest BCUT2D eigenvalue weighted by Crippen LogP contribution is -2.17. The highest BCUT2D eigenvalue weighted by Crippen LogP contribution is 2.41. The number of hydrogen-bond donors (Lipinski definition) is 2. The number of benzene rings is 3. The van der Waals surface area contributed by atoms with Crippen LogP contribution >= 0.6 is 31.9 Å². The summed E-state index contributed by atoms with van der Waals surface area (Å²) in [6, 6.07) is 16.0. The number of phenols is 1. The number of carbonyl (C=O) groups is 1. The fourth-order valence-corrected chi connectivity index (χ4v) is 4.25. The largest absolute Gasteiger partial charge is 0.506 e. The first kappa shape index (κ1) is 20.4. The number of rotatable bonds is 6. The van der Waals surface area contributed by atoms with Gasteiger partial charge in [0, 0.05) is 12.0 Å². The minimum absolute atomic E-state index is 0.0192. The van der Waals surface area contributed by atoms with Crippen LogP contribution in [0.4, 0.5) is 0 Å². The van der Waals surface area contributed by atoms with Gasteiger partial charge >= 0.3 is 0 Å². The summed E-state index contributed by atoms with van der Waals surface area (Å²) in [5, 5.41) is 16.5. The number of nitrogens with one attached hydrogen (secondary N) is 1. The molecule has 0 fully saturated rings. The first-order chi connectivity index (χ1) is 13.5. The average Bonchev–Trinajstić information content (AvgIpc) is 2.70. The number of hydrogen-bond acceptors (Lipinski definition) is 4. The summed E-state index contributed by atoms with van der Waals surface area (Å²) in [6.07, 6.45) is 2.33. The number of aryl methyl sites for hydroxylation is 1. The van der Waals surface area contributed by atoms with Crippen LogP contribution < -0.4 is 10.2 Å². The number of carbonyl (C=O) groups excluding carboxylic acids is 1. The van der Waals surface area contributed by atoms with Gasteiger partial charge < -0.3 is 9.84 Å². The number of halogens is 2. The maximum Gasteiger partial charge on any atom is 0.240 e. The Morgan fingerprint density at radius 2 is 1.93 bits per heavy atom. The van der Waals surface area contributed by atoms with E-state index in [9.17, 15) is 9.90 Å². The van der Waals surface area contributed by atoms with Gasteiger partial charge in [0.15, 0.2) is 5.75 Å². The average molecular weight is 506 g/mol. The second kappa shape index (κ2) is 9.21. The van der Waals surface area contributed by atoms with Crippen molar-refractivity contribution in [2.24, 2.45) is 5.10 Å². The van der Waals surface area contributed by atoms with Crippen LogP contribution in [0.3, 0.4) is 0 Å². The summed E-state index contributed by atoms with van der Waals surface area (Å²) in [6.45, 7) is 0. The van der Waals surface area contributed by atoms with Crippen LogP contribution in [0.2, 0.25) is 0 Å². The van der Waals surface area contributed by atoms with Gasteiger partial charge in [0.1, 0.15) is 10.2 Å². The minimum Gasteiger partial charge on any atom is -0.506 e. The standard InChI is InChI=1S/C21H18Br2N2O3/c1-28-21-17(22)11-16(20(27)19(21)23)12-24-25-18(26)9-7-13-6-8-14-4-2-3-5-15(14)10-13/h2-6,8,10-12,27H,7,9H2,1H3,(H,25,26)/b24-12-. The monoisotopic (exact) mass is 504 g/mol. The van der Waals surface area contributed by atoms with Crippen molar-refractivity contribution in [3.63, 3.8) is 0 Å². The van der Waals surface area contributed by atoms with E-state index in [0.717, 1.165) is 10.9 Å². The molecule has 0 spiro atoms. The fourth-order valence-electron chi connectivity index (χ4n) is 2.78. The van der Waals surface area contributed by atoms with Gasteiger partial charge in [0.2, 0.25) is 5.91 Å². The molecule has 0 aliphatic heterocycles. The lowest BCUT2D eigenvalue weighted by molar-refractivity contribution is -0.121. The Kier molecular flexibility index (Phi) is 6.70. The third-order valence-electron chi connectivity index (χ3n) is 4.23. The zero-order chi connectivity index (χ0) is 20.1. The van der Waals surface area contributed by atoms with Crippen LogP contribution in [0, 0.1) is 0 Å². The molecular formula is C21H18Br2N2O3. The summed E-state index contributed by atoms with van der Waals surface area (Å²) in [5.74, 6) is 0.263. The summed E-state index contributed by atoms with van der Waals surface area (Å²) < 4.78 is 6.25. The van der Waals surface area contributed by atoms with E-state index in [0.29, 0.717) is 33.1 Å². The van der Waals surface area contributed by atoms with Crippen molar-refractivity contribution in [1.82, 2.24) is 5.43 Å². The number of aromatic hydroxyl groups is 1. The molecule has 0 heterocycles. The van der Waals surface area contributed by atoms with E-state index in [1.165, 1.54) is 18.7 Å².